The van der Waals surface area contributed by atoms with Crippen LogP contribution in [0.25, 0.3) is 0 Å². The number of likely N-dealkylation sites (N-methyl/N-ethyl adjacent to an activating group) is 1. The van der Waals surface area contributed by atoms with E-state index in [1.54, 1.807) is 0 Å². The van der Waals surface area contributed by atoms with Crippen molar-refractivity contribution >= 4 is 28.9 Å². The highest BCUT2D eigenvalue weighted by molar-refractivity contribution is 7.80. The molecule has 3 aromatic rings. The number of benzene rings is 3. The van der Waals surface area contributed by atoms with Gasteiger partial charge in [-0.1, -0.05) is 48.5 Å². The van der Waals surface area contributed by atoms with E-state index in [9.17, 15) is 31.1 Å². The third-order valence-electron chi connectivity index (χ3n) is 7.81. The van der Waals surface area contributed by atoms with Crippen LogP contribution in [0.2, 0.25) is 0 Å². The van der Waals surface area contributed by atoms with Crippen LogP contribution in [-0.4, -0.2) is 48.6 Å². The summed E-state index contributed by atoms with van der Waals surface area (Å²) in [4.78, 5) is 15.3. The first kappa shape index (κ1) is 29.8. The third kappa shape index (κ3) is 5.82. The predicted molar refractivity (Wildman–Crippen MR) is 151 cm³/mol. The average molecular weight is 607 g/mol. The zero-order chi connectivity index (χ0) is 30.4. The van der Waals surface area contributed by atoms with Gasteiger partial charge < -0.3 is 20.9 Å². The molecule has 5 nitrogen and oxygen atoms in total. The van der Waals surface area contributed by atoms with Gasteiger partial charge in [-0.05, 0) is 66.8 Å². The maximum absolute atomic E-state index is 13.2. The van der Waals surface area contributed by atoms with Crippen molar-refractivity contribution in [2.45, 2.75) is 42.7 Å². The van der Waals surface area contributed by atoms with Crippen LogP contribution in [0.1, 0.15) is 51.6 Å². The molecule has 0 fully saturated rings. The van der Waals surface area contributed by atoms with E-state index in [1.807, 2.05) is 38.4 Å². The molecule has 222 valence electrons. The lowest BCUT2D eigenvalue weighted by molar-refractivity contribution is -0.143. The molecule has 42 heavy (non-hydrogen) atoms. The van der Waals surface area contributed by atoms with Crippen molar-refractivity contribution in [3.63, 3.8) is 0 Å². The molecular formula is C30H28F6N4OS. The van der Waals surface area contributed by atoms with Gasteiger partial charge in [0, 0.05) is 36.5 Å². The Labute approximate surface area is 244 Å². The molecule has 3 aliphatic carbocycles. The van der Waals surface area contributed by atoms with Crippen molar-refractivity contribution in [1.82, 2.24) is 15.5 Å². The van der Waals surface area contributed by atoms with Gasteiger partial charge in [0.2, 0.25) is 5.91 Å². The van der Waals surface area contributed by atoms with Gasteiger partial charge in [0.25, 0.3) is 0 Å². The molecule has 0 unspecified atom stereocenters. The Kier molecular flexibility index (Phi) is 7.97. The van der Waals surface area contributed by atoms with Crippen LogP contribution in [0, 0.1) is 0 Å². The molecule has 0 saturated carbocycles. The van der Waals surface area contributed by atoms with Crippen molar-refractivity contribution in [2.75, 3.05) is 26.0 Å². The number of hydrogen-bond acceptors (Lipinski definition) is 3. The van der Waals surface area contributed by atoms with Crippen molar-refractivity contribution in [3.8, 4) is 0 Å². The molecule has 12 heteroatoms. The van der Waals surface area contributed by atoms with Crippen molar-refractivity contribution in [3.05, 3.63) is 100 Å². The fourth-order valence-corrected chi connectivity index (χ4v) is 6.41. The molecular weight excluding hydrogens is 578 g/mol. The first-order valence-corrected chi connectivity index (χ1v) is 13.6. The van der Waals surface area contributed by atoms with Gasteiger partial charge in [-0.3, -0.25) is 4.79 Å². The molecule has 0 aliphatic heterocycles. The predicted octanol–water partition coefficient (Wildman–Crippen LogP) is 6.11. The van der Waals surface area contributed by atoms with Crippen LogP contribution in [0.4, 0.5) is 32.0 Å². The highest BCUT2D eigenvalue weighted by Crippen LogP contribution is 2.53. The lowest BCUT2D eigenvalue weighted by atomic mass is 9.59. The van der Waals surface area contributed by atoms with Gasteiger partial charge in [0.05, 0.1) is 17.2 Å². The Balaban J connectivity index is 1.26. The number of nitrogens with one attached hydrogen (secondary N) is 3. The molecule has 3 N–H and O–H groups in total. The summed E-state index contributed by atoms with van der Waals surface area (Å²) in [5.74, 6) is -0.257. The standard InChI is InChI=1S/C30H28F6N4OS/c1-40(2)27-25-21-9-5-3-7-19(21)24(20-8-4-6-10-22(20)25)26(27)39-23(41)11-12-37-28(42)38-18-14-16(29(31,32)33)13-17(15-18)30(34,35)36/h3-10,13-15,24-27H,11-12H2,1-2H3,(H,39,41)(H2,37,38,42)/t24?,25?,26-,27+/m0/s1. The zero-order valence-corrected chi connectivity index (χ0v) is 23.4. The lowest BCUT2D eigenvalue weighted by Gasteiger charge is -2.53. The number of amides is 1. The van der Waals surface area contributed by atoms with Gasteiger partial charge in [-0.15, -0.1) is 0 Å². The minimum atomic E-state index is -4.98. The average Bonchev–Trinajstić information content (AvgIpc) is 2.91. The maximum atomic E-state index is 13.2. The molecule has 2 bridgehead atoms. The Morgan fingerprint density at radius 1 is 0.810 bits per heavy atom. The summed E-state index contributed by atoms with van der Waals surface area (Å²) in [5.41, 5.74) is 1.45. The summed E-state index contributed by atoms with van der Waals surface area (Å²) >= 11 is 5.08. The number of rotatable bonds is 6. The highest BCUT2D eigenvalue weighted by atomic mass is 32.1. The lowest BCUT2D eigenvalue weighted by Crippen LogP contribution is -2.60. The summed E-state index contributed by atoms with van der Waals surface area (Å²) in [6, 6.07) is 17.4. The molecule has 3 aliphatic rings. The number of thiocarbonyl (C=S) groups is 1. The number of fused-ring (bicyclic) bond motifs is 1. The summed E-state index contributed by atoms with van der Waals surface area (Å²) in [5, 5.41) is 8.06. The van der Waals surface area contributed by atoms with Crippen LogP contribution in [0.15, 0.2) is 66.7 Å². The van der Waals surface area contributed by atoms with E-state index in [4.69, 9.17) is 12.2 Å². The van der Waals surface area contributed by atoms with Crippen molar-refractivity contribution < 1.29 is 31.1 Å². The fourth-order valence-electron chi connectivity index (χ4n) is 6.19. The van der Waals surface area contributed by atoms with Crippen LogP contribution >= 0.6 is 12.2 Å². The third-order valence-corrected chi connectivity index (χ3v) is 8.05. The van der Waals surface area contributed by atoms with E-state index in [1.165, 1.54) is 22.3 Å². The zero-order valence-electron chi connectivity index (χ0n) is 22.6. The van der Waals surface area contributed by atoms with Crippen molar-refractivity contribution in [2.24, 2.45) is 0 Å². The monoisotopic (exact) mass is 606 g/mol. The highest BCUT2D eigenvalue weighted by Gasteiger charge is 2.51. The van der Waals surface area contributed by atoms with Crippen LogP contribution in [0.3, 0.4) is 0 Å². The normalized spacial score (nSPS) is 21.0. The largest absolute Gasteiger partial charge is 0.416 e. The van der Waals surface area contributed by atoms with Crippen LogP contribution in [0.5, 0.6) is 0 Å². The Hall–Kier alpha value is -3.64. The van der Waals surface area contributed by atoms with Crippen molar-refractivity contribution in [1.29, 1.82) is 0 Å². The molecule has 1 amide bonds. The minimum absolute atomic E-state index is 0.0109. The smallest absolute Gasteiger partial charge is 0.362 e. The fraction of sp³-hybridized carbons (Fsp3) is 0.333. The molecule has 0 saturated heterocycles. The summed E-state index contributed by atoms with van der Waals surface area (Å²) in [6.45, 7) is 0.0172. The number of carbonyl (C=O) groups excluding carboxylic acids is 1. The van der Waals surface area contributed by atoms with Crippen LogP contribution in [-0.2, 0) is 17.1 Å². The summed E-state index contributed by atoms with van der Waals surface area (Å²) < 4.78 is 79.0. The van der Waals surface area contributed by atoms with Gasteiger partial charge in [0.1, 0.15) is 0 Å². The molecule has 6 rings (SSSR count). The molecule has 0 heterocycles. The second-order valence-corrected chi connectivity index (χ2v) is 11.1. The number of alkyl halides is 6. The number of anilines is 1. The van der Waals surface area contributed by atoms with E-state index in [2.05, 4.69) is 45.1 Å². The van der Waals surface area contributed by atoms with E-state index < -0.39 is 29.2 Å². The summed E-state index contributed by atoms with van der Waals surface area (Å²) in [7, 11) is 3.97. The number of halogens is 6. The quantitative estimate of drug-likeness (QED) is 0.234. The van der Waals surface area contributed by atoms with E-state index >= 15 is 0 Å². The van der Waals surface area contributed by atoms with Gasteiger partial charge in [0.15, 0.2) is 5.11 Å². The van der Waals surface area contributed by atoms with E-state index in [0.717, 1.165) is 0 Å². The first-order valence-electron chi connectivity index (χ1n) is 13.2. The maximum Gasteiger partial charge on any atom is 0.416 e. The van der Waals surface area contributed by atoms with Gasteiger partial charge in [-0.25, -0.2) is 0 Å². The Morgan fingerprint density at radius 2 is 1.29 bits per heavy atom. The van der Waals surface area contributed by atoms with E-state index in [-0.39, 0.29) is 54.0 Å². The first-order chi connectivity index (χ1) is 19.8. The van der Waals surface area contributed by atoms with Gasteiger partial charge in [-0.2, -0.15) is 26.3 Å². The second-order valence-electron chi connectivity index (χ2n) is 10.7. The second kappa shape index (κ2) is 11.2. The minimum Gasteiger partial charge on any atom is -0.362 e. The number of hydrogen-bond donors (Lipinski definition) is 3. The molecule has 3 aromatic carbocycles. The number of carbonyl (C=O) groups is 1. The molecule has 2 atom stereocenters. The molecule has 0 aromatic heterocycles. The SMILES string of the molecule is CN(C)[C@@H]1C2c3ccccc3C(c3ccccc32)[C@@H]1NC(=O)CCNC(=S)Nc1cc(C(F)(F)F)cc(C(F)(F)F)c1. The van der Waals surface area contributed by atoms with E-state index in [0.29, 0.717) is 12.1 Å². The van der Waals surface area contributed by atoms with Crippen LogP contribution < -0.4 is 16.0 Å². The Morgan fingerprint density at radius 3 is 1.74 bits per heavy atom. The number of nitrogens with zero attached hydrogens (tertiary/aromatic N) is 1. The molecule has 0 spiro atoms. The summed E-state index contributed by atoms with van der Waals surface area (Å²) in [6.07, 6.45) is -9.97. The molecule has 0 radical (unpaired) electrons. The Bertz CT molecular complexity index is 1430. The van der Waals surface area contributed by atoms with Gasteiger partial charge >= 0.3 is 12.4 Å². The topological polar surface area (TPSA) is 56.4 Å².